The molecule has 0 fully saturated rings. The summed E-state index contributed by atoms with van der Waals surface area (Å²) in [6, 6.07) is 0. The average molecular weight is 253 g/mol. The van der Waals surface area contributed by atoms with E-state index in [1.165, 1.54) is 34.5 Å². The second kappa shape index (κ2) is 5.92. The molecule has 2 heterocycles. The molecule has 1 aromatic heterocycles. The zero-order chi connectivity index (χ0) is 13.8. The Morgan fingerprint density at radius 3 is 2.68 bits per heavy atom. The zero-order valence-corrected chi connectivity index (χ0v) is 12.1. The van der Waals surface area contributed by atoms with Gasteiger partial charge in [0.1, 0.15) is 0 Å². The largest absolute Gasteiger partial charge is 0.340 e. The van der Waals surface area contributed by atoms with E-state index in [1.54, 1.807) is 0 Å². The first kappa shape index (κ1) is 13.7. The molecule has 1 aliphatic rings. The number of aromatic nitrogens is 1. The van der Waals surface area contributed by atoms with Gasteiger partial charge in [-0.1, -0.05) is 44.4 Å². The van der Waals surface area contributed by atoms with Gasteiger partial charge < -0.3 is 4.57 Å². The molecular formula is C18H23N. The number of nitrogens with zero attached hydrogens (tertiary/aromatic N) is 1. The Labute approximate surface area is 116 Å². The van der Waals surface area contributed by atoms with Gasteiger partial charge in [-0.2, -0.15) is 0 Å². The van der Waals surface area contributed by atoms with Crippen molar-refractivity contribution in [3.8, 4) is 0 Å². The summed E-state index contributed by atoms with van der Waals surface area (Å²) in [4.78, 5) is 0. The van der Waals surface area contributed by atoms with Crippen LogP contribution in [-0.4, -0.2) is 4.57 Å². The second-order valence-corrected chi connectivity index (χ2v) is 4.93. The van der Waals surface area contributed by atoms with Crippen molar-refractivity contribution >= 4 is 23.8 Å². The fraction of sp³-hybridized carbons (Fsp3) is 0.333. The standard InChI is InChI=1S/C18H23N/c1-5-8-12-15-16(10-6-2)18-14(4)11-9-13-19(18)17(15)7-3/h6-8,10,12H,3-5,9,11,13H2,1-2H3/b10-6-,12-8-. The van der Waals surface area contributed by atoms with Crippen LogP contribution in [0.5, 0.6) is 0 Å². The van der Waals surface area contributed by atoms with Crippen molar-refractivity contribution in [1.29, 1.82) is 0 Å². The van der Waals surface area contributed by atoms with E-state index in [4.69, 9.17) is 0 Å². The Hall–Kier alpha value is -1.76. The molecule has 1 aliphatic heterocycles. The van der Waals surface area contributed by atoms with Crippen LogP contribution in [0.3, 0.4) is 0 Å². The summed E-state index contributed by atoms with van der Waals surface area (Å²) in [5.41, 5.74) is 6.36. The molecule has 0 atom stereocenters. The lowest BCUT2D eigenvalue weighted by Gasteiger charge is -2.19. The first-order valence-corrected chi connectivity index (χ1v) is 7.10. The fourth-order valence-electron chi connectivity index (χ4n) is 2.83. The van der Waals surface area contributed by atoms with E-state index in [2.05, 4.69) is 55.9 Å². The van der Waals surface area contributed by atoms with E-state index in [0.717, 1.165) is 19.4 Å². The minimum Gasteiger partial charge on any atom is -0.340 e. The third-order valence-corrected chi connectivity index (χ3v) is 3.62. The molecule has 0 N–H and O–H groups in total. The van der Waals surface area contributed by atoms with Crippen LogP contribution in [0.4, 0.5) is 0 Å². The normalized spacial score (nSPS) is 15.4. The van der Waals surface area contributed by atoms with Gasteiger partial charge >= 0.3 is 0 Å². The third-order valence-electron chi connectivity index (χ3n) is 3.62. The van der Waals surface area contributed by atoms with Crippen LogP contribution in [0, 0.1) is 0 Å². The Kier molecular flexibility index (Phi) is 4.26. The van der Waals surface area contributed by atoms with E-state index < -0.39 is 0 Å². The second-order valence-electron chi connectivity index (χ2n) is 4.93. The van der Waals surface area contributed by atoms with Gasteiger partial charge in [-0.25, -0.2) is 0 Å². The molecule has 100 valence electrons. The number of allylic oxidation sites excluding steroid dienone is 3. The van der Waals surface area contributed by atoms with E-state index in [9.17, 15) is 0 Å². The molecular weight excluding hydrogens is 230 g/mol. The first-order valence-electron chi connectivity index (χ1n) is 7.10. The molecule has 0 unspecified atom stereocenters. The smallest absolute Gasteiger partial charge is 0.0517 e. The van der Waals surface area contributed by atoms with Gasteiger partial charge in [0.2, 0.25) is 0 Å². The summed E-state index contributed by atoms with van der Waals surface area (Å²) in [7, 11) is 0. The van der Waals surface area contributed by atoms with Crippen molar-refractivity contribution in [1.82, 2.24) is 4.57 Å². The van der Waals surface area contributed by atoms with Crippen LogP contribution in [0.15, 0.2) is 25.3 Å². The molecule has 0 saturated carbocycles. The summed E-state index contributed by atoms with van der Waals surface area (Å²) in [5, 5.41) is 0. The molecule has 0 radical (unpaired) electrons. The maximum absolute atomic E-state index is 4.25. The monoisotopic (exact) mass is 253 g/mol. The van der Waals surface area contributed by atoms with Crippen LogP contribution in [0.1, 0.15) is 55.6 Å². The van der Waals surface area contributed by atoms with Gasteiger partial charge in [0, 0.05) is 23.4 Å². The van der Waals surface area contributed by atoms with E-state index in [-0.39, 0.29) is 0 Å². The summed E-state index contributed by atoms with van der Waals surface area (Å²) >= 11 is 0. The van der Waals surface area contributed by atoms with Crippen LogP contribution in [0.25, 0.3) is 23.8 Å². The molecule has 0 spiro atoms. The molecule has 1 heteroatoms. The van der Waals surface area contributed by atoms with Crippen LogP contribution in [-0.2, 0) is 6.54 Å². The Bertz CT molecular complexity index is 553. The molecule has 1 nitrogen and oxygen atoms in total. The maximum atomic E-state index is 4.25. The molecule has 19 heavy (non-hydrogen) atoms. The number of hydrogen-bond donors (Lipinski definition) is 0. The lowest BCUT2D eigenvalue weighted by molar-refractivity contribution is 0.616. The SMILES string of the molecule is C=Cc1c(/C=C\CC)c(/C=C\C)c2n1CCCC2=C. The fourth-order valence-corrected chi connectivity index (χ4v) is 2.83. The highest BCUT2D eigenvalue weighted by atomic mass is 15.0. The van der Waals surface area contributed by atoms with Crippen LogP contribution >= 0.6 is 0 Å². The van der Waals surface area contributed by atoms with Crippen molar-refractivity contribution in [2.24, 2.45) is 0 Å². The number of rotatable bonds is 4. The molecule has 2 rings (SSSR count). The Balaban J connectivity index is 2.73. The van der Waals surface area contributed by atoms with Gasteiger partial charge in [-0.3, -0.25) is 0 Å². The lowest BCUT2D eigenvalue weighted by Crippen LogP contribution is -2.10. The van der Waals surface area contributed by atoms with Crippen molar-refractivity contribution in [3.63, 3.8) is 0 Å². The zero-order valence-electron chi connectivity index (χ0n) is 12.1. The molecule has 0 aliphatic carbocycles. The highest BCUT2D eigenvalue weighted by molar-refractivity contribution is 5.83. The van der Waals surface area contributed by atoms with Gasteiger partial charge in [0.25, 0.3) is 0 Å². The molecule has 0 aromatic carbocycles. The van der Waals surface area contributed by atoms with Gasteiger partial charge in [-0.05, 0) is 37.8 Å². The van der Waals surface area contributed by atoms with Crippen molar-refractivity contribution in [2.75, 3.05) is 0 Å². The summed E-state index contributed by atoms with van der Waals surface area (Å²) in [5.74, 6) is 0. The lowest BCUT2D eigenvalue weighted by atomic mass is 9.99. The topological polar surface area (TPSA) is 4.93 Å². The van der Waals surface area contributed by atoms with Gasteiger partial charge in [-0.15, -0.1) is 0 Å². The van der Waals surface area contributed by atoms with Crippen molar-refractivity contribution in [3.05, 3.63) is 47.8 Å². The first-order chi connectivity index (χ1) is 9.24. The minimum atomic E-state index is 1.05. The van der Waals surface area contributed by atoms with Crippen LogP contribution in [0.2, 0.25) is 0 Å². The molecule has 0 bridgehead atoms. The Morgan fingerprint density at radius 1 is 1.26 bits per heavy atom. The summed E-state index contributed by atoms with van der Waals surface area (Å²) in [6.07, 6.45) is 14.0. The van der Waals surface area contributed by atoms with Crippen molar-refractivity contribution in [2.45, 2.75) is 39.7 Å². The maximum Gasteiger partial charge on any atom is 0.0517 e. The number of fused-ring (bicyclic) bond motifs is 1. The van der Waals surface area contributed by atoms with E-state index in [1.807, 2.05) is 6.08 Å². The predicted molar refractivity (Wildman–Crippen MR) is 86.8 cm³/mol. The Morgan fingerprint density at radius 2 is 2.05 bits per heavy atom. The third kappa shape index (κ3) is 2.37. The van der Waals surface area contributed by atoms with E-state index >= 15 is 0 Å². The van der Waals surface area contributed by atoms with E-state index in [0.29, 0.717) is 0 Å². The molecule has 1 aromatic rings. The summed E-state index contributed by atoms with van der Waals surface area (Å²) < 4.78 is 2.38. The predicted octanol–water partition coefficient (Wildman–Crippen LogP) is 5.39. The van der Waals surface area contributed by atoms with Crippen LogP contribution < -0.4 is 0 Å². The molecule has 0 amide bonds. The average Bonchev–Trinajstić information content (AvgIpc) is 2.71. The van der Waals surface area contributed by atoms with Gasteiger partial charge in [0.05, 0.1) is 5.69 Å². The minimum absolute atomic E-state index is 1.05. The quantitative estimate of drug-likeness (QED) is 0.677. The highest BCUT2D eigenvalue weighted by Gasteiger charge is 2.22. The van der Waals surface area contributed by atoms with Gasteiger partial charge in [0.15, 0.2) is 0 Å². The summed E-state index contributed by atoms with van der Waals surface area (Å²) in [6.45, 7) is 13.5. The van der Waals surface area contributed by atoms with Crippen molar-refractivity contribution < 1.29 is 0 Å². The number of hydrogen-bond acceptors (Lipinski definition) is 0. The molecule has 0 saturated heterocycles. The highest BCUT2D eigenvalue weighted by Crippen LogP contribution is 2.36.